The summed E-state index contributed by atoms with van der Waals surface area (Å²) in [6, 6.07) is -0.211. The first-order valence-corrected chi connectivity index (χ1v) is 7.53. The average Bonchev–Trinajstić information content (AvgIpc) is 2.95. The SMILES string of the molecule is CCCC(N)C(=O)N1CCCC1c1c(C)nn(C)c1C.Cl. The van der Waals surface area contributed by atoms with E-state index in [0.717, 1.165) is 43.6 Å². The lowest BCUT2D eigenvalue weighted by Crippen LogP contribution is -2.43. The van der Waals surface area contributed by atoms with Gasteiger partial charge in [0.1, 0.15) is 0 Å². The second kappa shape index (κ2) is 7.27. The Kier molecular flexibility index (Phi) is 6.23. The zero-order valence-corrected chi connectivity index (χ0v) is 14.2. The quantitative estimate of drug-likeness (QED) is 0.927. The highest BCUT2D eigenvalue weighted by Gasteiger charge is 2.35. The van der Waals surface area contributed by atoms with Crippen LogP contribution in [0.1, 0.15) is 55.6 Å². The van der Waals surface area contributed by atoms with E-state index in [4.69, 9.17) is 5.73 Å². The summed E-state index contributed by atoms with van der Waals surface area (Å²) >= 11 is 0. The highest BCUT2D eigenvalue weighted by Crippen LogP contribution is 2.35. The van der Waals surface area contributed by atoms with Crippen molar-refractivity contribution in [1.29, 1.82) is 0 Å². The number of carbonyl (C=O) groups is 1. The van der Waals surface area contributed by atoms with Crippen LogP contribution >= 0.6 is 12.4 Å². The minimum atomic E-state index is -0.363. The van der Waals surface area contributed by atoms with Gasteiger partial charge in [0, 0.05) is 24.8 Å². The minimum Gasteiger partial charge on any atom is -0.334 e. The first-order valence-electron chi connectivity index (χ1n) is 7.53. The molecule has 0 saturated carbocycles. The molecule has 2 N–H and O–H groups in total. The predicted octanol–water partition coefficient (Wildman–Crippen LogP) is 2.25. The van der Waals surface area contributed by atoms with Crippen molar-refractivity contribution in [2.24, 2.45) is 12.8 Å². The highest BCUT2D eigenvalue weighted by molar-refractivity contribution is 5.85. The molecule has 1 amide bonds. The Morgan fingerprint density at radius 1 is 1.48 bits per heavy atom. The van der Waals surface area contributed by atoms with Gasteiger partial charge in [0.2, 0.25) is 5.91 Å². The molecule has 2 rings (SSSR count). The van der Waals surface area contributed by atoms with E-state index in [1.54, 1.807) is 0 Å². The number of aromatic nitrogens is 2. The van der Waals surface area contributed by atoms with Crippen molar-refractivity contribution in [3.05, 3.63) is 17.0 Å². The predicted molar refractivity (Wildman–Crippen MR) is 86.5 cm³/mol. The Morgan fingerprint density at radius 3 is 2.67 bits per heavy atom. The molecule has 21 heavy (non-hydrogen) atoms. The molecular weight excluding hydrogens is 288 g/mol. The van der Waals surface area contributed by atoms with E-state index in [9.17, 15) is 4.79 Å². The first-order chi connectivity index (χ1) is 9.47. The summed E-state index contributed by atoms with van der Waals surface area (Å²) in [4.78, 5) is 14.5. The highest BCUT2D eigenvalue weighted by atomic mass is 35.5. The summed E-state index contributed by atoms with van der Waals surface area (Å²) in [6.45, 7) is 6.97. The lowest BCUT2D eigenvalue weighted by atomic mass is 10.0. The van der Waals surface area contributed by atoms with E-state index in [1.807, 2.05) is 23.6 Å². The van der Waals surface area contributed by atoms with E-state index >= 15 is 0 Å². The van der Waals surface area contributed by atoms with Gasteiger partial charge in [-0.2, -0.15) is 5.10 Å². The molecule has 0 bridgehead atoms. The lowest BCUT2D eigenvalue weighted by molar-refractivity contribution is -0.133. The van der Waals surface area contributed by atoms with Gasteiger partial charge in [0.05, 0.1) is 17.8 Å². The number of rotatable bonds is 4. The Morgan fingerprint density at radius 2 is 2.14 bits per heavy atom. The van der Waals surface area contributed by atoms with E-state index in [0.29, 0.717) is 0 Å². The molecule has 1 aliphatic heterocycles. The van der Waals surface area contributed by atoms with Crippen molar-refractivity contribution < 1.29 is 4.79 Å². The van der Waals surface area contributed by atoms with Gasteiger partial charge in [-0.25, -0.2) is 0 Å². The van der Waals surface area contributed by atoms with Crippen molar-refractivity contribution in [2.45, 2.75) is 58.5 Å². The fraction of sp³-hybridized carbons (Fsp3) is 0.733. The smallest absolute Gasteiger partial charge is 0.239 e. The number of halogens is 1. The van der Waals surface area contributed by atoms with E-state index in [2.05, 4.69) is 18.9 Å². The maximum absolute atomic E-state index is 12.5. The van der Waals surface area contributed by atoms with Crippen molar-refractivity contribution in [3.8, 4) is 0 Å². The van der Waals surface area contributed by atoms with Crippen molar-refractivity contribution in [1.82, 2.24) is 14.7 Å². The molecule has 5 nitrogen and oxygen atoms in total. The Bertz CT molecular complexity index is 500. The topological polar surface area (TPSA) is 64.2 Å². The molecule has 0 radical (unpaired) electrons. The molecule has 6 heteroatoms. The second-order valence-corrected chi connectivity index (χ2v) is 5.79. The standard InChI is InChI=1S/C15H26N4O.ClH/c1-5-7-12(16)15(20)19-9-6-8-13(19)14-10(2)17-18(4)11(14)3;/h12-13H,5-9,16H2,1-4H3;1H. The van der Waals surface area contributed by atoms with Gasteiger partial charge < -0.3 is 10.6 Å². The maximum Gasteiger partial charge on any atom is 0.239 e. The molecule has 1 aromatic rings. The third kappa shape index (κ3) is 3.40. The van der Waals surface area contributed by atoms with Crippen LogP contribution in [0.15, 0.2) is 0 Å². The van der Waals surface area contributed by atoms with Gasteiger partial charge in [-0.05, 0) is 33.1 Å². The zero-order valence-electron chi connectivity index (χ0n) is 13.4. The Balaban J connectivity index is 0.00000220. The third-order valence-electron chi connectivity index (χ3n) is 4.35. The molecule has 0 aliphatic carbocycles. The third-order valence-corrected chi connectivity index (χ3v) is 4.35. The molecule has 2 heterocycles. The molecule has 1 aliphatic rings. The van der Waals surface area contributed by atoms with Crippen LogP contribution in [0.5, 0.6) is 0 Å². The van der Waals surface area contributed by atoms with Crippen LogP contribution in [-0.4, -0.2) is 33.2 Å². The Labute approximate surface area is 133 Å². The number of hydrogen-bond donors (Lipinski definition) is 1. The number of aryl methyl sites for hydroxylation is 2. The van der Waals surface area contributed by atoms with E-state index < -0.39 is 0 Å². The molecule has 0 spiro atoms. The van der Waals surface area contributed by atoms with E-state index in [-0.39, 0.29) is 30.4 Å². The Hall–Kier alpha value is -1.07. The van der Waals surface area contributed by atoms with Gasteiger partial charge in [0.25, 0.3) is 0 Å². The number of nitrogens with zero attached hydrogens (tertiary/aromatic N) is 3. The monoisotopic (exact) mass is 314 g/mol. The average molecular weight is 315 g/mol. The maximum atomic E-state index is 12.5. The number of hydrogen-bond acceptors (Lipinski definition) is 3. The van der Waals surface area contributed by atoms with Crippen LogP contribution in [0.25, 0.3) is 0 Å². The summed E-state index contributed by atoms with van der Waals surface area (Å²) in [7, 11) is 1.95. The van der Waals surface area contributed by atoms with Crippen LogP contribution in [0, 0.1) is 13.8 Å². The number of carbonyl (C=O) groups excluding carboxylic acids is 1. The number of likely N-dealkylation sites (tertiary alicyclic amines) is 1. The van der Waals surface area contributed by atoms with Gasteiger partial charge in [-0.3, -0.25) is 9.48 Å². The lowest BCUT2D eigenvalue weighted by Gasteiger charge is -2.28. The van der Waals surface area contributed by atoms with Crippen LogP contribution in [0.2, 0.25) is 0 Å². The zero-order chi connectivity index (χ0) is 14.9. The summed E-state index contributed by atoms with van der Waals surface area (Å²) < 4.78 is 1.90. The van der Waals surface area contributed by atoms with Gasteiger partial charge >= 0.3 is 0 Å². The number of nitrogens with two attached hydrogens (primary N) is 1. The first kappa shape index (κ1) is 18.0. The summed E-state index contributed by atoms with van der Waals surface area (Å²) in [5.41, 5.74) is 9.40. The molecular formula is C15H27ClN4O. The summed E-state index contributed by atoms with van der Waals surface area (Å²) in [5, 5.41) is 4.48. The van der Waals surface area contributed by atoms with Crippen molar-refractivity contribution in [2.75, 3.05) is 6.54 Å². The van der Waals surface area contributed by atoms with Crippen LogP contribution in [-0.2, 0) is 11.8 Å². The normalized spacial score (nSPS) is 19.5. The fourth-order valence-corrected chi connectivity index (χ4v) is 3.25. The van der Waals surface area contributed by atoms with Crippen LogP contribution in [0.4, 0.5) is 0 Å². The van der Waals surface area contributed by atoms with Gasteiger partial charge in [0.15, 0.2) is 0 Å². The number of amides is 1. The summed E-state index contributed by atoms with van der Waals surface area (Å²) in [5.74, 6) is 0.0944. The van der Waals surface area contributed by atoms with Gasteiger partial charge in [-0.1, -0.05) is 13.3 Å². The molecule has 1 fully saturated rings. The molecule has 0 aromatic carbocycles. The molecule has 2 atom stereocenters. The molecule has 1 saturated heterocycles. The van der Waals surface area contributed by atoms with Crippen LogP contribution in [0.3, 0.4) is 0 Å². The van der Waals surface area contributed by atoms with Gasteiger partial charge in [-0.15, -0.1) is 12.4 Å². The minimum absolute atomic E-state index is 0. The molecule has 1 aromatic heterocycles. The summed E-state index contributed by atoms with van der Waals surface area (Å²) in [6.07, 6.45) is 3.75. The fourth-order valence-electron chi connectivity index (χ4n) is 3.25. The van der Waals surface area contributed by atoms with Crippen LogP contribution < -0.4 is 5.73 Å². The van der Waals surface area contributed by atoms with E-state index in [1.165, 1.54) is 5.56 Å². The molecule has 120 valence electrons. The van der Waals surface area contributed by atoms with Crippen molar-refractivity contribution >= 4 is 18.3 Å². The largest absolute Gasteiger partial charge is 0.334 e. The van der Waals surface area contributed by atoms with Crippen molar-refractivity contribution in [3.63, 3.8) is 0 Å². The second-order valence-electron chi connectivity index (χ2n) is 5.79. The molecule has 2 unspecified atom stereocenters.